The van der Waals surface area contributed by atoms with E-state index in [0.29, 0.717) is 12.6 Å². The van der Waals surface area contributed by atoms with Crippen LogP contribution in [0.3, 0.4) is 0 Å². The molecule has 0 bridgehead atoms. The topological polar surface area (TPSA) is 47.3 Å². The second kappa shape index (κ2) is 5.85. The standard InChI is InChI=1S/C14H24N2O2/c1-14(2,3)16-10-13-15-9-12(18-13)8-11-6-4-5-7-17-11/h9,11,16H,4-8,10H2,1-3H3. The molecule has 18 heavy (non-hydrogen) atoms. The minimum Gasteiger partial charge on any atom is -0.444 e. The monoisotopic (exact) mass is 252 g/mol. The van der Waals surface area contributed by atoms with Crippen LogP contribution in [0.2, 0.25) is 0 Å². The molecule has 1 aromatic rings. The van der Waals surface area contributed by atoms with Gasteiger partial charge in [-0.05, 0) is 40.0 Å². The number of aromatic nitrogens is 1. The first-order chi connectivity index (χ1) is 8.53. The van der Waals surface area contributed by atoms with Gasteiger partial charge in [0.25, 0.3) is 0 Å². The van der Waals surface area contributed by atoms with Crippen molar-refractivity contribution >= 4 is 0 Å². The number of oxazole rings is 1. The van der Waals surface area contributed by atoms with E-state index in [1.165, 1.54) is 12.8 Å². The molecule has 0 radical (unpaired) electrons. The summed E-state index contributed by atoms with van der Waals surface area (Å²) in [5.74, 6) is 1.70. The highest BCUT2D eigenvalue weighted by Crippen LogP contribution is 2.17. The Balaban J connectivity index is 1.82. The molecule has 1 fully saturated rings. The molecule has 1 atom stereocenters. The Morgan fingerprint density at radius 1 is 1.39 bits per heavy atom. The molecule has 4 nitrogen and oxygen atoms in total. The molecule has 4 heteroatoms. The predicted octanol–water partition coefficient (Wildman–Crippen LogP) is 2.67. The summed E-state index contributed by atoms with van der Waals surface area (Å²) in [6.07, 6.45) is 6.58. The van der Waals surface area contributed by atoms with Crippen LogP contribution >= 0.6 is 0 Å². The molecule has 1 aliphatic rings. The lowest BCUT2D eigenvalue weighted by atomic mass is 10.1. The number of ether oxygens (including phenoxy) is 1. The first-order valence-corrected chi connectivity index (χ1v) is 6.83. The fourth-order valence-electron chi connectivity index (χ4n) is 2.06. The third kappa shape index (κ3) is 4.42. The minimum atomic E-state index is 0.0844. The summed E-state index contributed by atoms with van der Waals surface area (Å²) in [4.78, 5) is 4.30. The zero-order valence-corrected chi connectivity index (χ0v) is 11.7. The average Bonchev–Trinajstić information content (AvgIpc) is 2.75. The molecule has 0 spiro atoms. The largest absolute Gasteiger partial charge is 0.444 e. The van der Waals surface area contributed by atoms with Crippen LogP contribution in [-0.2, 0) is 17.7 Å². The number of hydrogen-bond acceptors (Lipinski definition) is 4. The number of nitrogens with one attached hydrogen (secondary N) is 1. The molecule has 1 saturated heterocycles. The predicted molar refractivity (Wildman–Crippen MR) is 70.4 cm³/mol. The van der Waals surface area contributed by atoms with Crippen molar-refractivity contribution in [3.63, 3.8) is 0 Å². The van der Waals surface area contributed by atoms with Gasteiger partial charge >= 0.3 is 0 Å². The lowest BCUT2D eigenvalue weighted by molar-refractivity contribution is 0.0138. The maximum atomic E-state index is 5.73. The molecule has 0 aliphatic carbocycles. The van der Waals surface area contributed by atoms with Crippen molar-refractivity contribution in [1.29, 1.82) is 0 Å². The molecule has 0 aromatic carbocycles. The van der Waals surface area contributed by atoms with Crippen LogP contribution in [0.1, 0.15) is 51.7 Å². The summed E-state index contributed by atoms with van der Waals surface area (Å²) in [5, 5.41) is 3.37. The van der Waals surface area contributed by atoms with Gasteiger partial charge in [0.2, 0.25) is 5.89 Å². The summed E-state index contributed by atoms with van der Waals surface area (Å²) in [5.41, 5.74) is 0.0844. The van der Waals surface area contributed by atoms with Crippen LogP contribution < -0.4 is 5.32 Å². The summed E-state index contributed by atoms with van der Waals surface area (Å²) in [6.45, 7) is 7.96. The zero-order valence-electron chi connectivity index (χ0n) is 11.7. The molecule has 1 N–H and O–H groups in total. The Kier molecular flexibility index (Phi) is 4.40. The highest BCUT2D eigenvalue weighted by molar-refractivity contribution is 4.97. The first-order valence-electron chi connectivity index (χ1n) is 6.83. The molecular weight excluding hydrogens is 228 g/mol. The second-order valence-corrected chi connectivity index (χ2v) is 6.02. The average molecular weight is 252 g/mol. The van der Waals surface area contributed by atoms with Crippen molar-refractivity contribution < 1.29 is 9.15 Å². The third-order valence-corrected chi connectivity index (χ3v) is 3.07. The molecule has 1 aliphatic heterocycles. The first kappa shape index (κ1) is 13.6. The van der Waals surface area contributed by atoms with Crippen LogP contribution in [-0.4, -0.2) is 23.2 Å². The Hall–Kier alpha value is -0.870. The zero-order chi connectivity index (χ0) is 13.0. The van der Waals surface area contributed by atoms with E-state index in [1.807, 2.05) is 6.20 Å². The molecular formula is C14H24N2O2. The molecule has 0 saturated carbocycles. The van der Waals surface area contributed by atoms with Gasteiger partial charge in [-0.3, -0.25) is 0 Å². The van der Waals surface area contributed by atoms with E-state index in [2.05, 4.69) is 31.1 Å². The summed E-state index contributed by atoms with van der Waals surface area (Å²) in [7, 11) is 0. The Labute approximate surface area is 109 Å². The molecule has 102 valence electrons. The fourth-order valence-corrected chi connectivity index (χ4v) is 2.06. The Morgan fingerprint density at radius 2 is 2.22 bits per heavy atom. The van der Waals surface area contributed by atoms with Crippen molar-refractivity contribution in [2.24, 2.45) is 0 Å². The van der Waals surface area contributed by atoms with Gasteiger partial charge in [-0.2, -0.15) is 0 Å². The third-order valence-electron chi connectivity index (χ3n) is 3.07. The molecule has 1 aromatic heterocycles. The summed E-state index contributed by atoms with van der Waals surface area (Å²) >= 11 is 0. The van der Waals surface area contributed by atoms with Gasteiger partial charge < -0.3 is 14.5 Å². The van der Waals surface area contributed by atoms with Crippen LogP contribution in [0.5, 0.6) is 0 Å². The van der Waals surface area contributed by atoms with Crippen molar-refractivity contribution in [1.82, 2.24) is 10.3 Å². The fraction of sp³-hybridized carbons (Fsp3) is 0.786. The van der Waals surface area contributed by atoms with Crippen molar-refractivity contribution in [2.45, 2.75) is 64.6 Å². The highest BCUT2D eigenvalue weighted by Gasteiger charge is 2.17. The molecule has 0 amide bonds. The van der Waals surface area contributed by atoms with E-state index >= 15 is 0 Å². The smallest absolute Gasteiger partial charge is 0.208 e. The van der Waals surface area contributed by atoms with Crippen LogP contribution in [0.15, 0.2) is 10.6 Å². The van der Waals surface area contributed by atoms with Gasteiger partial charge in [-0.1, -0.05) is 0 Å². The van der Waals surface area contributed by atoms with E-state index in [1.54, 1.807) is 0 Å². The van der Waals surface area contributed by atoms with Crippen LogP contribution in [0, 0.1) is 0 Å². The van der Waals surface area contributed by atoms with Gasteiger partial charge in [0.1, 0.15) is 5.76 Å². The van der Waals surface area contributed by atoms with E-state index in [4.69, 9.17) is 9.15 Å². The number of hydrogen-bond donors (Lipinski definition) is 1. The van der Waals surface area contributed by atoms with Gasteiger partial charge in [0.15, 0.2) is 0 Å². The minimum absolute atomic E-state index is 0.0844. The quantitative estimate of drug-likeness (QED) is 0.895. The summed E-state index contributed by atoms with van der Waals surface area (Å²) < 4.78 is 11.4. The van der Waals surface area contributed by atoms with Gasteiger partial charge in [0.05, 0.1) is 18.8 Å². The van der Waals surface area contributed by atoms with Crippen molar-refractivity contribution in [2.75, 3.05) is 6.61 Å². The molecule has 2 rings (SSSR count). The molecule has 2 heterocycles. The Morgan fingerprint density at radius 3 is 2.89 bits per heavy atom. The van der Waals surface area contributed by atoms with Crippen molar-refractivity contribution in [3.8, 4) is 0 Å². The number of rotatable bonds is 4. The van der Waals surface area contributed by atoms with Gasteiger partial charge in [-0.25, -0.2) is 4.98 Å². The maximum Gasteiger partial charge on any atom is 0.208 e. The Bertz CT molecular complexity index is 362. The van der Waals surface area contributed by atoms with Gasteiger partial charge in [0, 0.05) is 18.6 Å². The SMILES string of the molecule is CC(C)(C)NCc1ncc(CC2CCCCO2)o1. The van der Waals surface area contributed by atoms with Crippen molar-refractivity contribution in [3.05, 3.63) is 17.8 Å². The second-order valence-electron chi connectivity index (χ2n) is 6.02. The van der Waals surface area contributed by atoms with E-state index in [9.17, 15) is 0 Å². The van der Waals surface area contributed by atoms with E-state index in [-0.39, 0.29) is 5.54 Å². The van der Waals surface area contributed by atoms with E-state index in [0.717, 1.165) is 31.1 Å². The van der Waals surface area contributed by atoms with Gasteiger partial charge in [-0.15, -0.1) is 0 Å². The normalized spacial score (nSPS) is 21.2. The van der Waals surface area contributed by atoms with Crippen LogP contribution in [0.25, 0.3) is 0 Å². The van der Waals surface area contributed by atoms with Crippen LogP contribution in [0.4, 0.5) is 0 Å². The maximum absolute atomic E-state index is 5.73. The van der Waals surface area contributed by atoms with E-state index < -0.39 is 0 Å². The highest BCUT2D eigenvalue weighted by atomic mass is 16.5. The lowest BCUT2D eigenvalue weighted by Crippen LogP contribution is -2.35. The lowest BCUT2D eigenvalue weighted by Gasteiger charge is -2.21. The summed E-state index contributed by atoms with van der Waals surface area (Å²) in [6, 6.07) is 0. The number of nitrogens with zero attached hydrogens (tertiary/aromatic N) is 1. The molecule has 1 unspecified atom stereocenters.